The molecule has 8 nitrogen and oxygen atoms in total. The fourth-order valence-corrected chi connectivity index (χ4v) is 3.77. The van der Waals surface area contributed by atoms with Crippen molar-refractivity contribution in [1.82, 2.24) is 0 Å². The summed E-state index contributed by atoms with van der Waals surface area (Å²) in [4.78, 5) is 21.8. The molecule has 0 unspecified atom stereocenters. The van der Waals surface area contributed by atoms with E-state index in [0.717, 1.165) is 0 Å². The molecular formula is C18H20N2O6S. The second kappa shape index (κ2) is 8.09. The minimum Gasteiger partial charge on any atom is -0.484 e. The van der Waals surface area contributed by atoms with Gasteiger partial charge in [0.1, 0.15) is 11.5 Å². The molecule has 27 heavy (non-hydrogen) atoms. The van der Waals surface area contributed by atoms with E-state index in [-0.39, 0.29) is 23.0 Å². The molecule has 2 aromatic rings. The molecule has 2 amide bonds. The first-order valence-electron chi connectivity index (χ1n) is 7.90. The average Bonchev–Trinajstić information content (AvgIpc) is 2.59. The Bertz CT molecular complexity index is 912. The third kappa shape index (κ3) is 4.98. The Morgan fingerprint density at radius 3 is 1.48 bits per heavy atom. The Morgan fingerprint density at radius 1 is 0.815 bits per heavy atom. The molecule has 4 N–H and O–H groups in total. The first-order chi connectivity index (χ1) is 12.6. The lowest BCUT2D eigenvalue weighted by Crippen LogP contribution is -2.20. The zero-order valence-electron chi connectivity index (χ0n) is 14.9. The van der Waals surface area contributed by atoms with Crippen LogP contribution in [0, 0.1) is 13.8 Å². The highest BCUT2D eigenvalue weighted by atomic mass is 32.2. The summed E-state index contributed by atoms with van der Waals surface area (Å²) in [6.07, 6.45) is 0. The van der Waals surface area contributed by atoms with E-state index < -0.39 is 21.7 Å². The van der Waals surface area contributed by atoms with Crippen LogP contribution in [0.1, 0.15) is 11.1 Å². The maximum absolute atomic E-state index is 12.9. The molecule has 0 spiro atoms. The van der Waals surface area contributed by atoms with Gasteiger partial charge in [0.25, 0.3) is 11.8 Å². The van der Waals surface area contributed by atoms with Crippen molar-refractivity contribution in [2.24, 2.45) is 11.5 Å². The summed E-state index contributed by atoms with van der Waals surface area (Å²) in [7, 11) is -3.77. The van der Waals surface area contributed by atoms with Crippen LogP contribution < -0.4 is 20.9 Å². The number of rotatable bonds is 8. The Hall–Kier alpha value is -3.07. The van der Waals surface area contributed by atoms with E-state index in [1.165, 1.54) is 36.4 Å². The number of ether oxygens (including phenoxy) is 2. The number of amides is 2. The molecule has 0 bridgehead atoms. The third-order valence-electron chi connectivity index (χ3n) is 3.65. The molecule has 2 rings (SSSR count). The summed E-state index contributed by atoms with van der Waals surface area (Å²) in [5.41, 5.74) is 11.2. The van der Waals surface area contributed by atoms with Gasteiger partial charge in [-0.3, -0.25) is 9.59 Å². The zero-order chi connectivity index (χ0) is 20.2. The molecule has 0 atom stereocenters. The van der Waals surface area contributed by atoms with Gasteiger partial charge in [-0.15, -0.1) is 0 Å². The summed E-state index contributed by atoms with van der Waals surface area (Å²) in [5.74, 6) is -0.501. The molecule has 0 saturated carbocycles. The topological polar surface area (TPSA) is 139 Å². The summed E-state index contributed by atoms with van der Waals surface area (Å²) in [6.45, 7) is 2.75. The van der Waals surface area contributed by atoms with Crippen LogP contribution in [0.3, 0.4) is 0 Å². The first kappa shape index (κ1) is 20.2. The molecule has 144 valence electrons. The van der Waals surface area contributed by atoms with Gasteiger partial charge < -0.3 is 20.9 Å². The maximum atomic E-state index is 12.9. The van der Waals surface area contributed by atoms with Gasteiger partial charge in [-0.1, -0.05) is 0 Å². The second-order valence-corrected chi connectivity index (χ2v) is 7.82. The number of nitrogens with two attached hydrogens (primary N) is 2. The maximum Gasteiger partial charge on any atom is 0.255 e. The van der Waals surface area contributed by atoms with Gasteiger partial charge in [0.2, 0.25) is 9.84 Å². The third-order valence-corrected chi connectivity index (χ3v) is 5.40. The smallest absolute Gasteiger partial charge is 0.255 e. The molecule has 0 fully saturated rings. The van der Waals surface area contributed by atoms with Crippen molar-refractivity contribution in [1.29, 1.82) is 0 Å². The molecule has 9 heteroatoms. The predicted octanol–water partition coefficient (Wildman–Crippen LogP) is 0.864. The van der Waals surface area contributed by atoms with Crippen LogP contribution in [-0.2, 0) is 19.4 Å². The van der Waals surface area contributed by atoms with Crippen LogP contribution in [0.2, 0.25) is 0 Å². The molecule has 2 aromatic carbocycles. The van der Waals surface area contributed by atoms with Crippen molar-refractivity contribution >= 4 is 21.7 Å². The average molecular weight is 392 g/mol. The van der Waals surface area contributed by atoms with Gasteiger partial charge >= 0.3 is 0 Å². The van der Waals surface area contributed by atoms with Gasteiger partial charge in [0.05, 0.1) is 9.79 Å². The summed E-state index contributed by atoms with van der Waals surface area (Å²) in [6, 6.07) is 8.65. The number of hydrogen-bond acceptors (Lipinski definition) is 6. The van der Waals surface area contributed by atoms with Crippen molar-refractivity contribution in [3.63, 3.8) is 0 Å². The Balaban J connectivity index is 2.30. The Morgan fingerprint density at radius 2 is 1.19 bits per heavy atom. The standard InChI is InChI=1S/C18H20N2O6S/c1-11-7-13(3-5-15(11)25-9-17(19)21)27(23,24)14-4-6-16(12(2)8-14)26-10-18(20)22/h3-8H,9-10H2,1-2H3,(H2,19,21)(H2,20,22). The second-order valence-electron chi connectivity index (χ2n) is 5.87. The van der Waals surface area contributed by atoms with Crippen LogP contribution in [0.5, 0.6) is 11.5 Å². The van der Waals surface area contributed by atoms with Crippen LogP contribution in [-0.4, -0.2) is 33.4 Å². The van der Waals surface area contributed by atoms with Crippen LogP contribution in [0.15, 0.2) is 46.2 Å². The monoisotopic (exact) mass is 392 g/mol. The van der Waals surface area contributed by atoms with Crippen molar-refractivity contribution in [3.05, 3.63) is 47.5 Å². The summed E-state index contributed by atoms with van der Waals surface area (Å²) in [5, 5.41) is 0. The number of primary amides is 2. The highest BCUT2D eigenvalue weighted by molar-refractivity contribution is 7.91. The van der Waals surface area contributed by atoms with Crippen LogP contribution in [0.25, 0.3) is 0 Å². The summed E-state index contributed by atoms with van der Waals surface area (Å²) < 4.78 is 36.2. The van der Waals surface area contributed by atoms with Crippen LogP contribution >= 0.6 is 0 Å². The van der Waals surface area contributed by atoms with Crippen LogP contribution in [0.4, 0.5) is 0 Å². The molecule has 0 aliphatic rings. The van der Waals surface area contributed by atoms with E-state index in [9.17, 15) is 18.0 Å². The molecule has 0 heterocycles. The minimum atomic E-state index is -3.77. The van der Waals surface area contributed by atoms with E-state index in [1.54, 1.807) is 13.8 Å². The van der Waals surface area contributed by atoms with Crippen molar-refractivity contribution in [3.8, 4) is 11.5 Å². The fourth-order valence-electron chi connectivity index (χ4n) is 2.34. The lowest BCUT2D eigenvalue weighted by atomic mass is 10.2. The summed E-state index contributed by atoms with van der Waals surface area (Å²) >= 11 is 0. The number of benzene rings is 2. The van der Waals surface area contributed by atoms with Gasteiger partial charge in [-0.05, 0) is 61.4 Å². The zero-order valence-corrected chi connectivity index (χ0v) is 15.7. The number of aryl methyl sites for hydroxylation is 2. The van der Waals surface area contributed by atoms with Gasteiger partial charge in [-0.25, -0.2) is 8.42 Å². The van der Waals surface area contributed by atoms with E-state index in [1.807, 2.05) is 0 Å². The Kier molecular flexibility index (Phi) is 6.06. The highest BCUT2D eigenvalue weighted by Crippen LogP contribution is 2.29. The van der Waals surface area contributed by atoms with E-state index >= 15 is 0 Å². The van der Waals surface area contributed by atoms with Crippen molar-refractivity contribution in [2.75, 3.05) is 13.2 Å². The number of sulfone groups is 1. The molecule has 0 aliphatic heterocycles. The SMILES string of the molecule is Cc1cc(S(=O)(=O)c2ccc(OCC(N)=O)c(C)c2)ccc1OCC(N)=O. The quantitative estimate of drug-likeness (QED) is 0.683. The first-order valence-corrected chi connectivity index (χ1v) is 9.38. The highest BCUT2D eigenvalue weighted by Gasteiger charge is 2.20. The molecule has 0 radical (unpaired) electrons. The largest absolute Gasteiger partial charge is 0.484 e. The minimum absolute atomic E-state index is 0.0802. The number of carbonyl (C=O) groups is 2. The van der Waals surface area contributed by atoms with Crippen molar-refractivity contribution in [2.45, 2.75) is 23.6 Å². The fraction of sp³-hybridized carbons (Fsp3) is 0.222. The van der Waals surface area contributed by atoms with E-state index in [0.29, 0.717) is 22.6 Å². The number of hydrogen-bond donors (Lipinski definition) is 2. The molecule has 0 aromatic heterocycles. The Labute approximate surface area is 157 Å². The molecule has 0 aliphatic carbocycles. The normalized spacial score (nSPS) is 11.0. The predicted molar refractivity (Wildman–Crippen MR) is 97.2 cm³/mol. The lowest BCUT2D eigenvalue weighted by molar-refractivity contribution is -0.120. The van der Waals surface area contributed by atoms with E-state index in [2.05, 4.69) is 0 Å². The van der Waals surface area contributed by atoms with Gasteiger partial charge in [-0.2, -0.15) is 0 Å². The number of carbonyl (C=O) groups excluding carboxylic acids is 2. The molecular weight excluding hydrogens is 372 g/mol. The lowest BCUT2D eigenvalue weighted by Gasteiger charge is -2.12. The van der Waals surface area contributed by atoms with Gasteiger partial charge in [0.15, 0.2) is 13.2 Å². The van der Waals surface area contributed by atoms with E-state index in [4.69, 9.17) is 20.9 Å². The van der Waals surface area contributed by atoms with Gasteiger partial charge in [0, 0.05) is 0 Å². The molecule has 0 saturated heterocycles. The van der Waals surface area contributed by atoms with Crippen molar-refractivity contribution < 1.29 is 27.5 Å².